The fraction of sp³-hybridized carbons (Fsp3) is 0.500. The normalized spacial score (nSPS) is 19.6. The highest BCUT2D eigenvalue weighted by atomic mass is 16.5. The second-order valence-corrected chi connectivity index (χ2v) is 8.42. The number of carbonyl (C=O) groups is 2. The number of fused-ring (bicyclic) bond motifs is 1. The van der Waals surface area contributed by atoms with E-state index in [0.29, 0.717) is 25.9 Å². The van der Waals surface area contributed by atoms with Gasteiger partial charge in [-0.2, -0.15) is 0 Å². The molecule has 2 saturated heterocycles. The van der Waals surface area contributed by atoms with Crippen molar-refractivity contribution in [2.24, 2.45) is 5.92 Å². The summed E-state index contributed by atoms with van der Waals surface area (Å²) in [5, 5.41) is 5.24. The monoisotopic (exact) mass is 409 g/mol. The maximum atomic E-state index is 13.1. The highest BCUT2D eigenvalue weighted by Gasteiger charge is 2.29. The van der Waals surface area contributed by atoms with Crippen molar-refractivity contribution in [3.63, 3.8) is 0 Å². The van der Waals surface area contributed by atoms with E-state index < -0.39 is 0 Å². The number of nitrogens with one attached hydrogen (secondary N) is 1. The number of likely N-dealkylation sites (tertiary alicyclic amines) is 1. The number of ether oxygens (including phenoxy) is 1. The average molecular weight is 410 g/mol. The second-order valence-electron chi connectivity index (χ2n) is 8.42. The number of piperidine rings is 1. The average Bonchev–Trinajstić information content (AvgIpc) is 2.79. The van der Waals surface area contributed by atoms with Gasteiger partial charge in [-0.1, -0.05) is 36.4 Å². The number of hydrogen-bond acceptors (Lipinski definition) is 4. The van der Waals surface area contributed by atoms with Gasteiger partial charge in [0.05, 0.1) is 13.2 Å². The number of amides is 2. The van der Waals surface area contributed by atoms with Crippen molar-refractivity contribution in [1.29, 1.82) is 0 Å². The lowest BCUT2D eigenvalue weighted by atomic mass is 9.94. The van der Waals surface area contributed by atoms with Crippen LogP contribution in [0.25, 0.3) is 10.8 Å². The van der Waals surface area contributed by atoms with Gasteiger partial charge in [-0.25, -0.2) is 0 Å². The van der Waals surface area contributed by atoms with Crippen molar-refractivity contribution in [3.05, 3.63) is 48.0 Å². The molecule has 6 heteroatoms. The Hall–Kier alpha value is -2.44. The Morgan fingerprint density at radius 3 is 2.50 bits per heavy atom. The van der Waals surface area contributed by atoms with Gasteiger partial charge in [0, 0.05) is 50.2 Å². The molecule has 0 radical (unpaired) electrons. The zero-order chi connectivity index (χ0) is 20.9. The molecule has 0 aromatic heterocycles. The Bertz CT molecular complexity index is 881. The maximum absolute atomic E-state index is 13.1. The summed E-state index contributed by atoms with van der Waals surface area (Å²) in [6, 6.07) is 14.0. The van der Waals surface area contributed by atoms with Crippen LogP contribution in [-0.2, 0) is 9.53 Å². The molecule has 0 spiro atoms. The minimum absolute atomic E-state index is 0.0197. The third-order valence-corrected chi connectivity index (χ3v) is 6.20. The highest BCUT2D eigenvalue weighted by molar-refractivity contribution is 6.07. The maximum Gasteiger partial charge on any atom is 0.254 e. The molecule has 2 aromatic carbocycles. The summed E-state index contributed by atoms with van der Waals surface area (Å²) in [5.41, 5.74) is 0.745. The van der Waals surface area contributed by atoms with Gasteiger partial charge in [-0.15, -0.1) is 0 Å². The fourth-order valence-electron chi connectivity index (χ4n) is 4.50. The lowest BCUT2D eigenvalue weighted by Crippen LogP contribution is -2.49. The molecule has 2 aliphatic rings. The van der Waals surface area contributed by atoms with E-state index in [2.05, 4.69) is 17.1 Å². The number of benzene rings is 2. The van der Waals surface area contributed by atoms with Crippen molar-refractivity contribution < 1.29 is 14.3 Å². The number of hydrogen-bond donors (Lipinski definition) is 1. The molecule has 30 heavy (non-hydrogen) atoms. The summed E-state index contributed by atoms with van der Waals surface area (Å²) in [5.74, 6) is 0.160. The van der Waals surface area contributed by atoms with Crippen molar-refractivity contribution in [3.8, 4) is 0 Å². The molecule has 2 aromatic rings. The Kier molecular flexibility index (Phi) is 6.65. The largest absolute Gasteiger partial charge is 0.379 e. The zero-order valence-electron chi connectivity index (χ0n) is 17.7. The summed E-state index contributed by atoms with van der Waals surface area (Å²) < 4.78 is 5.38. The summed E-state index contributed by atoms with van der Waals surface area (Å²) in [6.45, 7) is 7.55. The first kappa shape index (κ1) is 20.8. The van der Waals surface area contributed by atoms with Gasteiger partial charge >= 0.3 is 0 Å². The van der Waals surface area contributed by atoms with Crippen LogP contribution in [0.3, 0.4) is 0 Å². The van der Waals surface area contributed by atoms with E-state index in [4.69, 9.17) is 4.74 Å². The summed E-state index contributed by atoms with van der Waals surface area (Å²) in [4.78, 5) is 30.0. The Morgan fingerprint density at radius 1 is 1.03 bits per heavy atom. The molecule has 2 heterocycles. The predicted molar refractivity (Wildman–Crippen MR) is 117 cm³/mol. The molecule has 2 amide bonds. The third-order valence-electron chi connectivity index (χ3n) is 6.20. The molecule has 0 bridgehead atoms. The molecule has 0 aliphatic carbocycles. The Morgan fingerprint density at radius 2 is 1.73 bits per heavy atom. The van der Waals surface area contributed by atoms with Gasteiger partial charge in [0.2, 0.25) is 5.91 Å². The van der Waals surface area contributed by atoms with E-state index >= 15 is 0 Å². The van der Waals surface area contributed by atoms with Crippen LogP contribution >= 0.6 is 0 Å². The second kappa shape index (κ2) is 9.58. The first-order valence-corrected chi connectivity index (χ1v) is 11.0. The topological polar surface area (TPSA) is 61.9 Å². The Balaban J connectivity index is 1.29. The third kappa shape index (κ3) is 4.82. The number of nitrogens with zero attached hydrogens (tertiary/aromatic N) is 2. The van der Waals surface area contributed by atoms with E-state index in [1.807, 2.05) is 47.4 Å². The van der Waals surface area contributed by atoms with E-state index in [1.54, 1.807) is 0 Å². The minimum atomic E-state index is -0.0197. The molecule has 1 N–H and O–H groups in total. The summed E-state index contributed by atoms with van der Waals surface area (Å²) in [7, 11) is 0. The first-order valence-electron chi connectivity index (χ1n) is 11.0. The molecular weight excluding hydrogens is 378 g/mol. The summed E-state index contributed by atoms with van der Waals surface area (Å²) >= 11 is 0. The fourth-order valence-corrected chi connectivity index (χ4v) is 4.50. The minimum Gasteiger partial charge on any atom is -0.379 e. The SMILES string of the molecule is CC(CN1CCOCC1)NC(=O)C1CCN(C(=O)c2cccc3ccccc23)CC1. The van der Waals surface area contributed by atoms with Gasteiger partial charge in [0.25, 0.3) is 5.91 Å². The van der Waals surface area contributed by atoms with Crippen LogP contribution in [0.1, 0.15) is 30.1 Å². The van der Waals surface area contributed by atoms with Crippen molar-refractivity contribution in [2.75, 3.05) is 45.9 Å². The van der Waals surface area contributed by atoms with Crippen LogP contribution in [0.5, 0.6) is 0 Å². The lowest BCUT2D eigenvalue weighted by molar-refractivity contribution is -0.127. The number of carbonyl (C=O) groups excluding carboxylic acids is 2. The van der Waals surface area contributed by atoms with Gasteiger partial charge in [0.15, 0.2) is 0 Å². The molecule has 6 nitrogen and oxygen atoms in total. The van der Waals surface area contributed by atoms with Crippen molar-refractivity contribution in [2.45, 2.75) is 25.8 Å². The van der Waals surface area contributed by atoms with E-state index in [-0.39, 0.29) is 23.8 Å². The quantitative estimate of drug-likeness (QED) is 0.824. The molecule has 1 atom stereocenters. The number of morpholine rings is 1. The summed E-state index contributed by atoms with van der Waals surface area (Å²) in [6.07, 6.45) is 1.43. The number of rotatable bonds is 5. The predicted octanol–water partition coefficient (Wildman–Crippen LogP) is 2.53. The van der Waals surface area contributed by atoms with Crippen molar-refractivity contribution in [1.82, 2.24) is 15.1 Å². The van der Waals surface area contributed by atoms with Crippen LogP contribution < -0.4 is 5.32 Å². The first-order chi connectivity index (χ1) is 14.6. The molecule has 4 rings (SSSR count). The molecule has 2 fully saturated rings. The molecular formula is C24H31N3O3. The standard InChI is InChI=1S/C24H31N3O3/c1-18(17-26-13-15-30-16-14-26)25-23(28)20-9-11-27(12-10-20)24(29)22-8-4-6-19-5-2-3-7-21(19)22/h2-8,18,20H,9-17H2,1H3,(H,25,28). The van der Waals surface area contributed by atoms with Crippen LogP contribution in [0.2, 0.25) is 0 Å². The van der Waals surface area contributed by atoms with Crippen LogP contribution in [0.15, 0.2) is 42.5 Å². The van der Waals surface area contributed by atoms with E-state index in [9.17, 15) is 9.59 Å². The zero-order valence-corrected chi connectivity index (χ0v) is 17.7. The van der Waals surface area contributed by atoms with Gasteiger partial charge < -0.3 is 15.0 Å². The van der Waals surface area contributed by atoms with Crippen LogP contribution in [-0.4, -0.2) is 73.6 Å². The van der Waals surface area contributed by atoms with E-state index in [1.165, 1.54) is 0 Å². The van der Waals surface area contributed by atoms with E-state index in [0.717, 1.165) is 49.2 Å². The molecule has 1 unspecified atom stereocenters. The van der Waals surface area contributed by atoms with Crippen LogP contribution in [0.4, 0.5) is 0 Å². The van der Waals surface area contributed by atoms with Crippen molar-refractivity contribution >= 4 is 22.6 Å². The van der Waals surface area contributed by atoms with Gasteiger partial charge in [-0.05, 0) is 36.6 Å². The van der Waals surface area contributed by atoms with Gasteiger partial charge in [-0.3, -0.25) is 14.5 Å². The Labute approximate surface area is 178 Å². The van der Waals surface area contributed by atoms with Gasteiger partial charge in [0.1, 0.15) is 0 Å². The molecule has 160 valence electrons. The molecule has 2 aliphatic heterocycles. The lowest BCUT2D eigenvalue weighted by Gasteiger charge is -2.33. The smallest absolute Gasteiger partial charge is 0.254 e. The molecule has 0 saturated carbocycles. The highest BCUT2D eigenvalue weighted by Crippen LogP contribution is 2.23. The van der Waals surface area contributed by atoms with Crippen LogP contribution in [0, 0.1) is 5.92 Å².